The fourth-order valence-electron chi connectivity index (χ4n) is 5.80. The van der Waals surface area contributed by atoms with Gasteiger partial charge in [0.2, 0.25) is 0 Å². The van der Waals surface area contributed by atoms with Crippen LogP contribution in [0.25, 0.3) is 6.08 Å². The quantitative estimate of drug-likeness (QED) is 0.801. The van der Waals surface area contributed by atoms with Gasteiger partial charge in [-0.2, -0.15) is 5.10 Å². The average Bonchev–Trinajstić information content (AvgIpc) is 3.06. The van der Waals surface area contributed by atoms with Gasteiger partial charge in [0.15, 0.2) is 0 Å². The zero-order valence-electron chi connectivity index (χ0n) is 14.2. The SMILES string of the molecule is CCC1CCC(O)CCCC2C3C=Cc4[nH]ncc4C3CCC12. The van der Waals surface area contributed by atoms with Gasteiger partial charge < -0.3 is 5.11 Å². The highest BCUT2D eigenvalue weighted by molar-refractivity contribution is 5.54. The second-order valence-corrected chi connectivity index (χ2v) is 8.02. The van der Waals surface area contributed by atoms with E-state index in [4.69, 9.17) is 0 Å². The van der Waals surface area contributed by atoms with E-state index in [0.717, 1.165) is 30.6 Å². The number of allylic oxidation sites excluding steroid dienone is 1. The molecule has 0 amide bonds. The summed E-state index contributed by atoms with van der Waals surface area (Å²) in [6.45, 7) is 2.35. The third-order valence-corrected chi connectivity index (χ3v) is 6.98. The Morgan fingerprint density at radius 2 is 2.04 bits per heavy atom. The minimum absolute atomic E-state index is 0.0672. The van der Waals surface area contributed by atoms with E-state index in [-0.39, 0.29) is 6.10 Å². The molecule has 23 heavy (non-hydrogen) atoms. The molecule has 0 saturated heterocycles. The van der Waals surface area contributed by atoms with Crippen molar-refractivity contribution in [2.24, 2.45) is 23.7 Å². The maximum atomic E-state index is 10.2. The van der Waals surface area contributed by atoms with Crippen LogP contribution in [0.3, 0.4) is 0 Å². The van der Waals surface area contributed by atoms with E-state index in [0.29, 0.717) is 11.8 Å². The van der Waals surface area contributed by atoms with Crippen LogP contribution >= 0.6 is 0 Å². The molecule has 2 saturated carbocycles. The molecule has 3 aliphatic carbocycles. The van der Waals surface area contributed by atoms with Gasteiger partial charge in [-0.1, -0.05) is 25.8 Å². The van der Waals surface area contributed by atoms with Crippen LogP contribution in [0.15, 0.2) is 12.3 Å². The van der Waals surface area contributed by atoms with Crippen LogP contribution in [0, 0.1) is 23.7 Å². The lowest BCUT2D eigenvalue weighted by atomic mass is 9.58. The Bertz CT molecular complexity index is 564. The molecule has 1 aromatic rings. The van der Waals surface area contributed by atoms with Crippen molar-refractivity contribution in [3.63, 3.8) is 0 Å². The van der Waals surface area contributed by atoms with Crippen LogP contribution < -0.4 is 0 Å². The normalized spacial score (nSPS) is 40.3. The second-order valence-electron chi connectivity index (χ2n) is 8.02. The number of rotatable bonds is 1. The number of aromatic nitrogens is 2. The summed E-state index contributed by atoms with van der Waals surface area (Å²) in [4.78, 5) is 0. The Morgan fingerprint density at radius 3 is 2.91 bits per heavy atom. The van der Waals surface area contributed by atoms with Crippen LogP contribution in [0.1, 0.15) is 75.5 Å². The first-order valence-corrected chi connectivity index (χ1v) is 9.67. The smallest absolute Gasteiger partial charge is 0.0609 e. The molecule has 6 atom stereocenters. The Balaban J connectivity index is 1.62. The Hall–Kier alpha value is -1.09. The Labute approximate surface area is 139 Å². The summed E-state index contributed by atoms with van der Waals surface area (Å²) >= 11 is 0. The molecule has 1 heterocycles. The molecular formula is C20H30N2O. The molecule has 2 N–H and O–H groups in total. The van der Waals surface area contributed by atoms with Crippen molar-refractivity contribution in [3.05, 3.63) is 23.5 Å². The van der Waals surface area contributed by atoms with Gasteiger partial charge in [0.25, 0.3) is 0 Å². The lowest BCUT2D eigenvalue weighted by Gasteiger charge is -2.46. The molecule has 126 valence electrons. The van der Waals surface area contributed by atoms with Gasteiger partial charge in [-0.05, 0) is 74.2 Å². The third-order valence-electron chi connectivity index (χ3n) is 6.98. The molecule has 2 fully saturated rings. The van der Waals surface area contributed by atoms with Gasteiger partial charge in [-0.3, -0.25) is 5.10 Å². The summed E-state index contributed by atoms with van der Waals surface area (Å²) < 4.78 is 0. The third kappa shape index (κ3) is 2.77. The van der Waals surface area contributed by atoms with Crippen LogP contribution in [-0.4, -0.2) is 21.4 Å². The lowest BCUT2D eigenvalue weighted by Crippen LogP contribution is -2.37. The first-order chi connectivity index (χ1) is 11.3. The van der Waals surface area contributed by atoms with E-state index >= 15 is 0 Å². The van der Waals surface area contributed by atoms with Crippen molar-refractivity contribution in [2.45, 2.75) is 70.3 Å². The number of aromatic amines is 1. The zero-order chi connectivity index (χ0) is 15.8. The molecule has 0 bridgehead atoms. The van der Waals surface area contributed by atoms with Crippen molar-refractivity contribution in [1.82, 2.24) is 10.2 Å². The number of fused-ring (bicyclic) bond motifs is 5. The van der Waals surface area contributed by atoms with Gasteiger partial charge >= 0.3 is 0 Å². The summed E-state index contributed by atoms with van der Waals surface area (Å²) in [6, 6.07) is 0. The van der Waals surface area contributed by atoms with Crippen LogP contribution in [-0.2, 0) is 0 Å². The zero-order valence-corrected chi connectivity index (χ0v) is 14.2. The summed E-state index contributed by atoms with van der Waals surface area (Å²) in [6.07, 6.45) is 16.4. The number of aliphatic hydroxyl groups is 1. The predicted octanol–water partition coefficient (Wildman–Crippen LogP) is 4.51. The van der Waals surface area contributed by atoms with E-state index in [1.807, 2.05) is 0 Å². The topological polar surface area (TPSA) is 48.9 Å². The van der Waals surface area contributed by atoms with E-state index in [9.17, 15) is 5.11 Å². The maximum Gasteiger partial charge on any atom is 0.0609 e. The molecule has 0 aliphatic heterocycles. The number of nitrogens with zero attached hydrogens (tertiary/aromatic N) is 1. The van der Waals surface area contributed by atoms with Crippen molar-refractivity contribution < 1.29 is 5.11 Å². The molecule has 1 aromatic heterocycles. The highest BCUT2D eigenvalue weighted by atomic mass is 16.3. The molecule has 3 aliphatic rings. The van der Waals surface area contributed by atoms with Crippen LogP contribution in [0.5, 0.6) is 0 Å². The predicted molar refractivity (Wildman–Crippen MR) is 92.9 cm³/mol. The van der Waals surface area contributed by atoms with Gasteiger partial charge in [0, 0.05) is 5.56 Å². The van der Waals surface area contributed by atoms with E-state index in [1.54, 1.807) is 0 Å². The van der Waals surface area contributed by atoms with Gasteiger partial charge in [0.1, 0.15) is 0 Å². The van der Waals surface area contributed by atoms with Crippen molar-refractivity contribution >= 4 is 6.08 Å². The number of hydrogen-bond acceptors (Lipinski definition) is 2. The van der Waals surface area contributed by atoms with Crippen molar-refractivity contribution in [2.75, 3.05) is 0 Å². The minimum Gasteiger partial charge on any atom is -0.393 e. The summed E-state index contributed by atoms with van der Waals surface area (Å²) in [7, 11) is 0. The van der Waals surface area contributed by atoms with Crippen LogP contribution in [0.4, 0.5) is 0 Å². The van der Waals surface area contributed by atoms with Crippen LogP contribution in [0.2, 0.25) is 0 Å². The molecule has 3 nitrogen and oxygen atoms in total. The van der Waals surface area contributed by atoms with Gasteiger partial charge in [0.05, 0.1) is 18.0 Å². The largest absolute Gasteiger partial charge is 0.393 e. The molecule has 0 aromatic carbocycles. The average molecular weight is 314 g/mol. The summed E-state index contributed by atoms with van der Waals surface area (Å²) in [5.41, 5.74) is 2.68. The lowest BCUT2D eigenvalue weighted by molar-refractivity contribution is 0.0899. The van der Waals surface area contributed by atoms with Gasteiger partial charge in [-0.15, -0.1) is 0 Å². The number of H-pyrrole nitrogens is 1. The Kier molecular flexibility index (Phi) is 4.31. The standard InChI is InChI=1S/C20H30N2O/c1-2-13-6-7-14(23)4-3-5-16-15(13)8-9-18-17(16)10-11-20-19(18)12-21-22-20/h10-18,23H,2-9H2,1H3,(H,21,22). The molecular weight excluding hydrogens is 284 g/mol. The molecule has 0 spiro atoms. The van der Waals surface area contributed by atoms with Gasteiger partial charge in [-0.25, -0.2) is 0 Å². The fraction of sp³-hybridized carbons (Fsp3) is 0.750. The highest BCUT2D eigenvalue weighted by Gasteiger charge is 2.43. The van der Waals surface area contributed by atoms with E-state index < -0.39 is 0 Å². The molecule has 3 heteroatoms. The minimum atomic E-state index is -0.0672. The first kappa shape index (κ1) is 15.4. The molecule has 6 unspecified atom stereocenters. The summed E-state index contributed by atoms with van der Waals surface area (Å²) in [5, 5.41) is 17.6. The summed E-state index contributed by atoms with van der Waals surface area (Å²) in [5.74, 6) is 3.79. The second kappa shape index (κ2) is 6.43. The number of aliphatic hydroxyl groups excluding tert-OH is 1. The number of hydrogen-bond donors (Lipinski definition) is 2. The monoisotopic (exact) mass is 314 g/mol. The first-order valence-electron chi connectivity index (χ1n) is 9.67. The van der Waals surface area contributed by atoms with Crippen molar-refractivity contribution in [3.8, 4) is 0 Å². The molecule has 0 radical (unpaired) electrons. The van der Waals surface area contributed by atoms with E-state index in [1.165, 1.54) is 49.8 Å². The maximum absolute atomic E-state index is 10.2. The number of nitrogens with one attached hydrogen (secondary N) is 1. The van der Waals surface area contributed by atoms with Crippen molar-refractivity contribution in [1.29, 1.82) is 0 Å². The Morgan fingerprint density at radius 1 is 1.13 bits per heavy atom. The molecule has 4 rings (SSSR count). The fourth-order valence-corrected chi connectivity index (χ4v) is 5.80. The highest BCUT2D eigenvalue weighted by Crippen LogP contribution is 2.53. The van der Waals surface area contributed by atoms with E-state index in [2.05, 4.69) is 35.5 Å².